The average molecular weight is 194 g/mol. The van der Waals surface area contributed by atoms with E-state index in [-0.39, 0.29) is 12.4 Å². The van der Waals surface area contributed by atoms with E-state index in [0.717, 1.165) is 11.1 Å². The summed E-state index contributed by atoms with van der Waals surface area (Å²) in [4.78, 5) is 0. The van der Waals surface area contributed by atoms with Crippen molar-refractivity contribution < 1.29 is 13.9 Å². The van der Waals surface area contributed by atoms with Crippen LogP contribution in [0, 0.1) is 5.82 Å². The molecule has 0 amide bonds. The Balaban J connectivity index is 2.36. The summed E-state index contributed by atoms with van der Waals surface area (Å²) in [6.07, 6.45) is 1.28. The van der Waals surface area contributed by atoms with Crippen molar-refractivity contribution in [3.8, 4) is 0 Å². The second-order valence-electron chi connectivity index (χ2n) is 3.20. The Bertz CT molecular complexity index is 434. The van der Waals surface area contributed by atoms with Crippen LogP contribution in [-0.4, -0.2) is 11.7 Å². The van der Waals surface area contributed by atoms with Crippen molar-refractivity contribution in [1.82, 2.24) is 0 Å². The summed E-state index contributed by atoms with van der Waals surface area (Å²) in [6, 6.07) is 6.66. The van der Waals surface area contributed by atoms with Crippen LogP contribution in [0.5, 0.6) is 0 Å². The molecule has 0 fully saturated rings. The minimum atomic E-state index is -0.335. The molecule has 0 radical (unpaired) electrons. The summed E-state index contributed by atoms with van der Waals surface area (Å²) in [5, 5.41) is 9.42. The van der Waals surface area contributed by atoms with E-state index in [9.17, 15) is 4.39 Å². The fraction of sp³-hybridized carbons (Fsp3) is 0.273. The van der Waals surface area contributed by atoms with E-state index in [4.69, 9.17) is 9.52 Å². The molecule has 0 bridgehead atoms. The Hall–Kier alpha value is -1.35. The molecule has 0 aliphatic heterocycles. The van der Waals surface area contributed by atoms with Crippen molar-refractivity contribution in [2.45, 2.75) is 12.8 Å². The molecular weight excluding hydrogens is 183 g/mol. The van der Waals surface area contributed by atoms with Crippen molar-refractivity contribution in [3.63, 3.8) is 0 Å². The molecule has 0 aliphatic carbocycles. The first-order chi connectivity index (χ1) is 6.81. The molecule has 0 aliphatic rings. The summed E-state index contributed by atoms with van der Waals surface area (Å²) >= 11 is 0. The van der Waals surface area contributed by atoms with Gasteiger partial charge in [0.1, 0.15) is 5.76 Å². The summed E-state index contributed by atoms with van der Waals surface area (Å²) in [5.74, 6) is 0.386. The van der Waals surface area contributed by atoms with Gasteiger partial charge in [-0.1, -0.05) is 12.1 Å². The number of fused-ring (bicyclic) bond motifs is 1. The summed E-state index contributed by atoms with van der Waals surface area (Å²) in [6.45, 7) is 0.125. The van der Waals surface area contributed by atoms with Crippen molar-refractivity contribution >= 4 is 11.0 Å². The van der Waals surface area contributed by atoms with E-state index in [0.29, 0.717) is 18.4 Å². The lowest BCUT2D eigenvalue weighted by molar-refractivity contribution is 0.285. The van der Waals surface area contributed by atoms with Crippen LogP contribution in [0.2, 0.25) is 0 Å². The Morgan fingerprint density at radius 3 is 2.93 bits per heavy atom. The highest BCUT2D eigenvalue weighted by Gasteiger charge is 2.06. The fourth-order valence-electron chi connectivity index (χ4n) is 1.46. The molecule has 14 heavy (non-hydrogen) atoms. The van der Waals surface area contributed by atoms with E-state index in [1.54, 1.807) is 6.07 Å². The topological polar surface area (TPSA) is 33.4 Å². The molecule has 74 valence electrons. The lowest BCUT2D eigenvalue weighted by Crippen LogP contribution is -1.85. The highest BCUT2D eigenvalue weighted by Crippen LogP contribution is 2.22. The van der Waals surface area contributed by atoms with Crippen LogP contribution < -0.4 is 0 Å². The van der Waals surface area contributed by atoms with Gasteiger partial charge in [-0.2, -0.15) is 0 Å². The van der Waals surface area contributed by atoms with Gasteiger partial charge in [0.15, 0.2) is 11.4 Å². The second-order valence-corrected chi connectivity index (χ2v) is 3.20. The number of aryl methyl sites for hydroxylation is 1. The molecule has 1 heterocycles. The zero-order chi connectivity index (χ0) is 9.97. The van der Waals surface area contributed by atoms with Crippen molar-refractivity contribution in [2.75, 3.05) is 6.61 Å². The first-order valence-electron chi connectivity index (χ1n) is 4.59. The van der Waals surface area contributed by atoms with Crippen LogP contribution >= 0.6 is 0 Å². The molecule has 0 spiro atoms. The van der Waals surface area contributed by atoms with E-state index < -0.39 is 0 Å². The van der Waals surface area contributed by atoms with Gasteiger partial charge >= 0.3 is 0 Å². The average Bonchev–Trinajstić information content (AvgIpc) is 2.59. The maximum Gasteiger partial charge on any atom is 0.169 e. The number of halogens is 1. The molecule has 0 atom stereocenters. The zero-order valence-electron chi connectivity index (χ0n) is 7.66. The van der Waals surface area contributed by atoms with Crippen molar-refractivity contribution in [3.05, 3.63) is 35.8 Å². The number of rotatable bonds is 3. The predicted molar refractivity (Wildman–Crippen MR) is 51.6 cm³/mol. The number of furan rings is 1. The maximum atomic E-state index is 13.2. The van der Waals surface area contributed by atoms with Crippen LogP contribution in [0.15, 0.2) is 28.7 Å². The van der Waals surface area contributed by atoms with Crippen molar-refractivity contribution in [2.24, 2.45) is 0 Å². The number of aliphatic hydroxyl groups excluding tert-OH is 1. The molecule has 2 rings (SSSR count). The molecule has 1 aromatic carbocycles. The van der Waals surface area contributed by atoms with Gasteiger partial charge in [0.25, 0.3) is 0 Å². The fourth-order valence-corrected chi connectivity index (χ4v) is 1.46. The molecule has 1 N–H and O–H groups in total. The summed E-state index contributed by atoms with van der Waals surface area (Å²) in [5.41, 5.74) is 0.306. The van der Waals surface area contributed by atoms with E-state index in [1.165, 1.54) is 6.07 Å². The SMILES string of the molecule is OCCCc1cc2cccc(F)c2o1. The third-order valence-corrected chi connectivity index (χ3v) is 2.13. The second kappa shape index (κ2) is 3.80. The standard InChI is InChI=1S/C11H11FO2/c12-10-5-1-3-8-7-9(4-2-6-13)14-11(8)10/h1,3,5,7,13H,2,4,6H2. The minimum Gasteiger partial charge on any atom is -0.458 e. The lowest BCUT2D eigenvalue weighted by Gasteiger charge is -1.91. The van der Waals surface area contributed by atoms with Gasteiger partial charge in [0.2, 0.25) is 0 Å². The molecule has 0 unspecified atom stereocenters. The molecule has 0 saturated carbocycles. The van der Waals surface area contributed by atoms with Gasteiger partial charge in [-0.05, 0) is 18.6 Å². The molecular formula is C11H11FO2. The molecule has 2 aromatic rings. The lowest BCUT2D eigenvalue weighted by atomic mass is 10.2. The smallest absolute Gasteiger partial charge is 0.169 e. The first-order valence-corrected chi connectivity index (χ1v) is 4.59. The Labute approximate surface area is 81.0 Å². The zero-order valence-corrected chi connectivity index (χ0v) is 7.66. The highest BCUT2D eigenvalue weighted by atomic mass is 19.1. The van der Waals surface area contributed by atoms with Gasteiger partial charge < -0.3 is 9.52 Å². The first kappa shape index (κ1) is 9.21. The van der Waals surface area contributed by atoms with Crippen LogP contribution in [0.3, 0.4) is 0 Å². The normalized spacial score (nSPS) is 11.0. The van der Waals surface area contributed by atoms with Gasteiger partial charge in [0, 0.05) is 18.4 Å². The molecule has 1 aromatic heterocycles. The number of hydrogen-bond acceptors (Lipinski definition) is 2. The highest BCUT2D eigenvalue weighted by molar-refractivity contribution is 5.78. The number of hydrogen-bond donors (Lipinski definition) is 1. The van der Waals surface area contributed by atoms with E-state index >= 15 is 0 Å². The molecule has 3 heteroatoms. The number of para-hydroxylation sites is 1. The van der Waals surface area contributed by atoms with Gasteiger partial charge in [-0.25, -0.2) is 4.39 Å². The van der Waals surface area contributed by atoms with Gasteiger partial charge in [-0.15, -0.1) is 0 Å². The predicted octanol–water partition coefficient (Wildman–Crippen LogP) is 2.50. The quantitative estimate of drug-likeness (QED) is 0.814. The minimum absolute atomic E-state index is 0.125. The monoisotopic (exact) mass is 194 g/mol. The van der Waals surface area contributed by atoms with E-state index in [1.807, 2.05) is 12.1 Å². The van der Waals surface area contributed by atoms with Crippen LogP contribution in [0.25, 0.3) is 11.0 Å². The molecule has 0 saturated heterocycles. The van der Waals surface area contributed by atoms with E-state index in [2.05, 4.69) is 0 Å². The number of aliphatic hydroxyl groups is 1. The maximum absolute atomic E-state index is 13.2. The third-order valence-electron chi connectivity index (χ3n) is 2.13. The Morgan fingerprint density at radius 1 is 1.36 bits per heavy atom. The van der Waals surface area contributed by atoms with Gasteiger partial charge in [0.05, 0.1) is 0 Å². The number of benzene rings is 1. The summed E-state index contributed by atoms with van der Waals surface area (Å²) in [7, 11) is 0. The Morgan fingerprint density at radius 2 is 2.21 bits per heavy atom. The van der Waals surface area contributed by atoms with Crippen LogP contribution in [0.1, 0.15) is 12.2 Å². The van der Waals surface area contributed by atoms with Crippen molar-refractivity contribution in [1.29, 1.82) is 0 Å². The largest absolute Gasteiger partial charge is 0.458 e. The third kappa shape index (κ3) is 1.63. The summed E-state index contributed by atoms with van der Waals surface area (Å²) < 4.78 is 18.5. The Kier molecular flexibility index (Phi) is 2.50. The molecule has 2 nitrogen and oxygen atoms in total. The van der Waals surface area contributed by atoms with Crippen LogP contribution in [-0.2, 0) is 6.42 Å². The van der Waals surface area contributed by atoms with Gasteiger partial charge in [-0.3, -0.25) is 0 Å². The van der Waals surface area contributed by atoms with Crippen LogP contribution in [0.4, 0.5) is 4.39 Å².